The molecule has 0 unspecified atom stereocenters. The number of nitrogens with zero attached hydrogens (tertiary/aromatic N) is 2. The third kappa shape index (κ3) is 3.69. The second-order valence-corrected chi connectivity index (χ2v) is 6.72. The number of benzene rings is 2. The number of H-pyrrole nitrogens is 2. The average molecular weight is 359 g/mol. The van der Waals surface area contributed by atoms with E-state index < -0.39 is 0 Å². The van der Waals surface area contributed by atoms with Crippen molar-refractivity contribution >= 4 is 11.0 Å². The van der Waals surface area contributed by atoms with Gasteiger partial charge in [0, 0.05) is 30.8 Å². The van der Waals surface area contributed by atoms with E-state index in [4.69, 9.17) is 5.73 Å². The molecular weight excluding hydrogens is 338 g/mol. The lowest BCUT2D eigenvalue weighted by Gasteiger charge is -2.11. The monoisotopic (exact) mass is 359 g/mol. The number of nitrogens with two attached hydrogens (primary N) is 1. The number of imidazole rings is 2. The molecule has 0 radical (unpaired) electrons. The van der Waals surface area contributed by atoms with Gasteiger partial charge in [-0.15, -0.1) is 0 Å². The number of fused-ring (bicyclic) bond motifs is 1. The smallest absolute Gasteiger partial charge is 0.323 e. The Kier molecular flexibility index (Phi) is 4.38. The molecule has 0 spiro atoms. The Labute approximate surface area is 156 Å². The highest BCUT2D eigenvalue weighted by atomic mass is 16.1. The Morgan fingerprint density at radius 1 is 1.07 bits per heavy atom. The van der Waals surface area contributed by atoms with Crippen molar-refractivity contribution in [3.63, 3.8) is 0 Å². The zero-order valence-corrected chi connectivity index (χ0v) is 14.9. The van der Waals surface area contributed by atoms with Gasteiger partial charge in [0.05, 0.1) is 23.1 Å². The first-order valence-corrected chi connectivity index (χ1v) is 8.79. The first kappa shape index (κ1) is 16.9. The van der Waals surface area contributed by atoms with E-state index in [-0.39, 0.29) is 5.69 Å². The summed E-state index contributed by atoms with van der Waals surface area (Å²) in [6, 6.07) is 16.1. The molecule has 0 saturated carbocycles. The van der Waals surface area contributed by atoms with Gasteiger partial charge in [0.25, 0.3) is 0 Å². The molecule has 2 aromatic carbocycles. The molecule has 4 N–H and O–H groups in total. The van der Waals surface area contributed by atoms with E-state index in [0.29, 0.717) is 18.7 Å². The molecule has 0 bridgehead atoms. The lowest BCUT2D eigenvalue weighted by molar-refractivity contribution is 0.746. The number of allylic oxidation sites excluding steroid dienone is 1. The fourth-order valence-electron chi connectivity index (χ4n) is 3.32. The van der Waals surface area contributed by atoms with Crippen molar-refractivity contribution < 1.29 is 0 Å². The maximum atomic E-state index is 11.5. The molecule has 0 aliphatic heterocycles. The van der Waals surface area contributed by atoms with E-state index >= 15 is 0 Å². The van der Waals surface area contributed by atoms with Crippen molar-refractivity contribution in [2.75, 3.05) is 0 Å². The summed E-state index contributed by atoms with van der Waals surface area (Å²) in [4.78, 5) is 21.6. The molecule has 0 fully saturated rings. The summed E-state index contributed by atoms with van der Waals surface area (Å²) in [6.45, 7) is 4.51. The highest BCUT2D eigenvalue weighted by molar-refractivity contribution is 5.75. The lowest BCUT2D eigenvalue weighted by Crippen LogP contribution is -2.09. The molecule has 27 heavy (non-hydrogen) atoms. The molecule has 4 rings (SSSR count). The summed E-state index contributed by atoms with van der Waals surface area (Å²) in [5.74, 6) is 0. The Bertz CT molecular complexity index is 1150. The third-order valence-electron chi connectivity index (χ3n) is 4.57. The van der Waals surface area contributed by atoms with Crippen molar-refractivity contribution in [3.8, 4) is 0 Å². The minimum atomic E-state index is -0.199. The Morgan fingerprint density at radius 3 is 2.63 bits per heavy atom. The van der Waals surface area contributed by atoms with Crippen molar-refractivity contribution in [2.24, 2.45) is 5.73 Å². The number of hydrogen-bond donors (Lipinski definition) is 3. The van der Waals surface area contributed by atoms with Gasteiger partial charge < -0.3 is 20.3 Å². The van der Waals surface area contributed by atoms with Gasteiger partial charge in [0.1, 0.15) is 0 Å². The van der Waals surface area contributed by atoms with E-state index in [9.17, 15) is 4.79 Å². The van der Waals surface area contributed by atoms with Crippen LogP contribution >= 0.6 is 0 Å². The summed E-state index contributed by atoms with van der Waals surface area (Å²) in [5, 5.41) is 0. The Hall–Kier alpha value is -3.54. The van der Waals surface area contributed by atoms with Crippen LogP contribution in [0.5, 0.6) is 0 Å². The molecule has 6 nitrogen and oxygen atoms in total. The van der Waals surface area contributed by atoms with Crippen LogP contribution in [0.3, 0.4) is 0 Å². The van der Waals surface area contributed by atoms with Crippen LogP contribution in [0.15, 0.2) is 71.9 Å². The topological polar surface area (TPSA) is 92.5 Å². The normalized spacial score (nSPS) is 11.1. The van der Waals surface area contributed by atoms with Gasteiger partial charge in [-0.3, -0.25) is 0 Å². The van der Waals surface area contributed by atoms with Gasteiger partial charge in [-0.25, -0.2) is 9.78 Å². The minimum Gasteiger partial charge on any atom is -0.402 e. The van der Waals surface area contributed by atoms with Gasteiger partial charge in [-0.2, -0.15) is 0 Å². The van der Waals surface area contributed by atoms with Gasteiger partial charge in [0.15, 0.2) is 0 Å². The van der Waals surface area contributed by atoms with Crippen LogP contribution in [0.25, 0.3) is 11.0 Å². The maximum Gasteiger partial charge on any atom is 0.323 e. The Morgan fingerprint density at radius 2 is 1.85 bits per heavy atom. The van der Waals surface area contributed by atoms with E-state index in [0.717, 1.165) is 34.4 Å². The van der Waals surface area contributed by atoms with E-state index in [1.807, 2.05) is 42.7 Å². The molecule has 2 aromatic heterocycles. The molecule has 6 heteroatoms. The molecule has 4 aromatic rings. The van der Waals surface area contributed by atoms with Crippen LogP contribution in [-0.2, 0) is 19.4 Å². The first-order valence-electron chi connectivity index (χ1n) is 8.79. The zero-order chi connectivity index (χ0) is 18.8. The summed E-state index contributed by atoms with van der Waals surface area (Å²) in [6.07, 6.45) is 3.17. The largest absolute Gasteiger partial charge is 0.402 e. The Balaban J connectivity index is 1.66. The standard InChI is InChI=1S/C21H21N5O/c1-14(22)9-20-19(10-15-5-3-2-4-6-15)23-13-26(20)12-16-7-8-17-18(11-16)25-21(27)24-17/h2-8,11,13H,1,9-10,12,22H2,(H2,24,25,27). The zero-order valence-electron chi connectivity index (χ0n) is 14.9. The van der Waals surface area contributed by atoms with Crippen LogP contribution in [0.1, 0.15) is 22.5 Å². The van der Waals surface area contributed by atoms with Gasteiger partial charge >= 0.3 is 5.69 Å². The molecule has 0 saturated heterocycles. The van der Waals surface area contributed by atoms with Gasteiger partial charge in [0.2, 0.25) is 0 Å². The maximum absolute atomic E-state index is 11.5. The number of nitrogens with one attached hydrogen (secondary N) is 2. The summed E-state index contributed by atoms with van der Waals surface area (Å²) in [5.41, 5.74) is 12.3. The van der Waals surface area contributed by atoms with E-state index in [1.54, 1.807) is 0 Å². The quantitative estimate of drug-likeness (QED) is 0.494. The third-order valence-corrected chi connectivity index (χ3v) is 4.57. The summed E-state index contributed by atoms with van der Waals surface area (Å²) in [7, 11) is 0. The molecule has 0 aliphatic carbocycles. The SMILES string of the molecule is C=C(N)Cc1c(Cc2ccccc2)ncn1Cc1ccc2[nH]c(=O)[nH]c2c1. The van der Waals surface area contributed by atoms with Gasteiger partial charge in [-0.1, -0.05) is 43.0 Å². The molecule has 0 aliphatic rings. The van der Waals surface area contributed by atoms with E-state index in [1.165, 1.54) is 5.56 Å². The summed E-state index contributed by atoms with van der Waals surface area (Å²) >= 11 is 0. The second kappa shape index (κ2) is 6.99. The van der Waals surface area contributed by atoms with Crippen molar-refractivity contribution in [3.05, 3.63) is 100 Å². The predicted octanol–water partition coefficient (Wildman–Crippen LogP) is 2.71. The average Bonchev–Trinajstić information content (AvgIpc) is 3.18. The highest BCUT2D eigenvalue weighted by Gasteiger charge is 2.13. The molecular formula is C21H21N5O. The minimum absolute atomic E-state index is 0.199. The number of hydrogen-bond acceptors (Lipinski definition) is 3. The fraction of sp³-hybridized carbons (Fsp3) is 0.143. The second-order valence-electron chi connectivity index (χ2n) is 6.72. The van der Waals surface area contributed by atoms with Crippen molar-refractivity contribution in [1.29, 1.82) is 0 Å². The van der Waals surface area contributed by atoms with Crippen molar-refractivity contribution in [2.45, 2.75) is 19.4 Å². The fourth-order valence-corrected chi connectivity index (χ4v) is 3.32. The van der Waals surface area contributed by atoms with Crippen LogP contribution < -0.4 is 11.4 Å². The summed E-state index contributed by atoms with van der Waals surface area (Å²) < 4.78 is 2.10. The van der Waals surface area contributed by atoms with E-state index in [2.05, 4.69) is 38.2 Å². The van der Waals surface area contributed by atoms with Crippen LogP contribution in [-0.4, -0.2) is 19.5 Å². The predicted molar refractivity (Wildman–Crippen MR) is 107 cm³/mol. The van der Waals surface area contributed by atoms with Crippen LogP contribution in [0, 0.1) is 0 Å². The van der Waals surface area contributed by atoms with Gasteiger partial charge in [-0.05, 0) is 23.3 Å². The lowest BCUT2D eigenvalue weighted by atomic mass is 10.1. The van der Waals surface area contributed by atoms with Crippen molar-refractivity contribution in [1.82, 2.24) is 19.5 Å². The molecule has 2 heterocycles. The van der Waals surface area contributed by atoms with Crippen LogP contribution in [0.2, 0.25) is 0 Å². The number of rotatable bonds is 6. The van der Waals surface area contributed by atoms with Crippen LogP contribution in [0.4, 0.5) is 0 Å². The highest BCUT2D eigenvalue weighted by Crippen LogP contribution is 2.18. The first-order chi connectivity index (χ1) is 13.1. The number of aromatic amines is 2. The molecule has 0 amide bonds. The number of aromatic nitrogens is 4. The molecule has 0 atom stereocenters. The molecule has 136 valence electrons.